The van der Waals surface area contributed by atoms with Gasteiger partial charge in [-0.3, -0.25) is 14.5 Å². The SMILES string of the molecule is COCCN1C(=O)NC(Cc2ccc(F)cc2)(C2CCN(C(=O)Cc3ccn(C)c3)CC2)C1=O. The average Bonchev–Trinajstić information content (AvgIpc) is 3.34. The van der Waals surface area contributed by atoms with E-state index in [0.29, 0.717) is 32.4 Å². The number of aromatic nitrogens is 1. The fourth-order valence-electron chi connectivity index (χ4n) is 5.07. The zero-order valence-electron chi connectivity index (χ0n) is 19.6. The van der Waals surface area contributed by atoms with Gasteiger partial charge in [0, 0.05) is 46.1 Å². The fraction of sp³-hybridized carbons (Fsp3) is 0.480. The van der Waals surface area contributed by atoms with Crippen molar-refractivity contribution in [1.29, 1.82) is 0 Å². The van der Waals surface area contributed by atoms with Crippen molar-refractivity contribution in [2.45, 2.75) is 31.2 Å². The number of hydrogen-bond donors (Lipinski definition) is 1. The van der Waals surface area contributed by atoms with E-state index in [-0.39, 0.29) is 43.1 Å². The molecule has 9 heteroatoms. The van der Waals surface area contributed by atoms with Gasteiger partial charge in [0.2, 0.25) is 5.91 Å². The highest BCUT2D eigenvalue weighted by Crippen LogP contribution is 2.36. The number of urea groups is 1. The number of carbonyl (C=O) groups is 3. The van der Waals surface area contributed by atoms with Crippen LogP contribution in [-0.2, 0) is 34.2 Å². The van der Waals surface area contributed by atoms with Crippen molar-refractivity contribution >= 4 is 17.8 Å². The van der Waals surface area contributed by atoms with Gasteiger partial charge in [-0.2, -0.15) is 0 Å². The second-order valence-electron chi connectivity index (χ2n) is 9.17. The van der Waals surface area contributed by atoms with Crippen LogP contribution in [0, 0.1) is 11.7 Å². The maximum Gasteiger partial charge on any atom is 0.325 e. The molecule has 0 aliphatic carbocycles. The number of amides is 4. The minimum absolute atomic E-state index is 0.0562. The number of benzene rings is 1. The van der Waals surface area contributed by atoms with Crippen LogP contribution in [0.2, 0.25) is 0 Å². The van der Waals surface area contributed by atoms with E-state index in [2.05, 4.69) is 5.32 Å². The van der Waals surface area contributed by atoms with Gasteiger partial charge >= 0.3 is 6.03 Å². The van der Waals surface area contributed by atoms with E-state index < -0.39 is 11.6 Å². The van der Waals surface area contributed by atoms with Crippen molar-refractivity contribution in [3.05, 3.63) is 59.7 Å². The summed E-state index contributed by atoms with van der Waals surface area (Å²) < 4.78 is 20.5. The Kier molecular flexibility index (Phi) is 7.02. The molecule has 0 saturated carbocycles. The first kappa shape index (κ1) is 23.9. The molecule has 34 heavy (non-hydrogen) atoms. The Balaban J connectivity index is 1.50. The van der Waals surface area contributed by atoms with Crippen LogP contribution < -0.4 is 5.32 Å². The highest BCUT2D eigenvalue weighted by Gasteiger charge is 2.55. The summed E-state index contributed by atoms with van der Waals surface area (Å²) >= 11 is 0. The van der Waals surface area contributed by atoms with Crippen molar-refractivity contribution in [1.82, 2.24) is 19.7 Å². The maximum atomic E-state index is 13.6. The van der Waals surface area contributed by atoms with Crippen LogP contribution in [0.3, 0.4) is 0 Å². The quantitative estimate of drug-likeness (QED) is 0.599. The van der Waals surface area contributed by atoms with Gasteiger partial charge < -0.3 is 19.5 Å². The zero-order chi connectivity index (χ0) is 24.3. The lowest BCUT2D eigenvalue weighted by molar-refractivity contribution is -0.136. The van der Waals surface area contributed by atoms with Crippen molar-refractivity contribution in [2.24, 2.45) is 13.0 Å². The van der Waals surface area contributed by atoms with E-state index in [0.717, 1.165) is 11.1 Å². The number of imide groups is 1. The standard InChI is InChI=1S/C25H31FN4O4/c1-28-10-7-19(17-28)15-22(31)29-11-8-20(9-12-29)25(16-18-3-5-21(26)6-4-18)23(32)30(13-14-34-2)24(33)27-25/h3-7,10,17,20H,8-9,11-16H2,1-2H3,(H,27,33). The van der Waals surface area contributed by atoms with Crippen molar-refractivity contribution in [3.8, 4) is 0 Å². The predicted molar refractivity (Wildman–Crippen MR) is 123 cm³/mol. The average molecular weight is 471 g/mol. The van der Waals surface area contributed by atoms with Gasteiger partial charge in [0.25, 0.3) is 5.91 Å². The molecular formula is C25H31FN4O4. The third-order valence-electron chi connectivity index (χ3n) is 6.91. The van der Waals surface area contributed by atoms with Crippen LogP contribution in [-0.4, -0.2) is 71.1 Å². The predicted octanol–water partition coefficient (Wildman–Crippen LogP) is 2.12. The van der Waals surface area contributed by atoms with E-state index in [1.165, 1.54) is 24.1 Å². The van der Waals surface area contributed by atoms with Crippen LogP contribution in [0.4, 0.5) is 9.18 Å². The number of halogens is 1. The van der Waals surface area contributed by atoms with Crippen LogP contribution >= 0.6 is 0 Å². The van der Waals surface area contributed by atoms with E-state index in [1.807, 2.05) is 35.0 Å². The maximum absolute atomic E-state index is 13.6. The number of likely N-dealkylation sites (tertiary alicyclic amines) is 1. The van der Waals surface area contributed by atoms with Gasteiger partial charge in [-0.15, -0.1) is 0 Å². The van der Waals surface area contributed by atoms with Crippen LogP contribution in [0.1, 0.15) is 24.0 Å². The molecular weight excluding hydrogens is 439 g/mol. The first-order valence-corrected chi connectivity index (χ1v) is 11.6. The first-order chi connectivity index (χ1) is 16.3. The smallest absolute Gasteiger partial charge is 0.325 e. The molecule has 2 fully saturated rings. The molecule has 0 spiro atoms. The minimum Gasteiger partial charge on any atom is -0.383 e. The second kappa shape index (κ2) is 9.97. The van der Waals surface area contributed by atoms with Gasteiger partial charge in [-0.1, -0.05) is 12.1 Å². The Morgan fingerprint density at radius 3 is 2.47 bits per heavy atom. The molecule has 8 nitrogen and oxygen atoms in total. The summed E-state index contributed by atoms with van der Waals surface area (Å²) in [6.45, 7) is 1.45. The third kappa shape index (κ3) is 4.84. The number of rotatable bonds is 8. The highest BCUT2D eigenvalue weighted by molar-refractivity contribution is 6.07. The Bertz CT molecular complexity index is 1050. The molecule has 1 aromatic carbocycles. The number of nitrogens with one attached hydrogen (secondary N) is 1. The summed E-state index contributed by atoms with van der Waals surface area (Å²) in [4.78, 5) is 42.2. The Hall–Kier alpha value is -3.20. The number of aryl methyl sites for hydroxylation is 1. The molecule has 1 atom stereocenters. The molecule has 2 aliphatic heterocycles. The molecule has 182 valence electrons. The molecule has 0 bridgehead atoms. The van der Waals surface area contributed by atoms with Crippen molar-refractivity contribution < 1.29 is 23.5 Å². The topological polar surface area (TPSA) is 83.9 Å². The Morgan fingerprint density at radius 1 is 1.15 bits per heavy atom. The normalized spacial score (nSPS) is 21.3. The van der Waals surface area contributed by atoms with Crippen LogP contribution in [0.15, 0.2) is 42.7 Å². The Morgan fingerprint density at radius 2 is 1.85 bits per heavy atom. The lowest BCUT2D eigenvalue weighted by Crippen LogP contribution is -2.58. The summed E-state index contributed by atoms with van der Waals surface area (Å²) in [5, 5.41) is 2.98. The van der Waals surface area contributed by atoms with Gasteiger partial charge in [0.05, 0.1) is 19.6 Å². The number of nitrogens with zero attached hydrogens (tertiary/aromatic N) is 3. The second-order valence-corrected chi connectivity index (χ2v) is 9.17. The van der Waals surface area contributed by atoms with Crippen molar-refractivity contribution in [2.75, 3.05) is 33.4 Å². The fourth-order valence-corrected chi connectivity index (χ4v) is 5.07. The molecule has 1 unspecified atom stereocenters. The highest BCUT2D eigenvalue weighted by atomic mass is 19.1. The molecule has 3 heterocycles. The van der Waals surface area contributed by atoms with Crippen molar-refractivity contribution in [3.63, 3.8) is 0 Å². The van der Waals surface area contributed by atoms with Crippen LogP contribution in [0.25, 0.3) is 0 Å². The molecule has 1 aromatic heterocycles. The summed E-state index contributed by atoms with van der Waals surface area (Å²) in [5.41, 5.74) is 0.609. The largest absolute Gasteiger partial charge is 0.383 e. The van der Waals surface area contributed by atoms with E-state index in [9.17, 15) is 18.8 Å². The molecule has 2 aliphatic rings. The number of ether oxygens (including phenoxy) is 1. The zero-order valence-corrected chi connectivity index (χ0v) is 19.6. The van der Waals surface area contributed by atoms with Gasteiger partial charge in [-0.05, 0) is 48.1 Å². The van der Waals surface area contributed by atoms with Gasteiger partial charge in [-0.25, -0.2) is 9.18 Å². The summed E-state index contributed by atoms with van der Waals surface area (Å²) in [7, 11) is 3.44. The van der Waals surface area contributed by atoms with Gasteiger partial charge in [0.1, 0.15) is 11.4 Å². The summed E-state index contributed by atoms with van der Waals surface area (Å²) in [6.07, 6.45) is 5.63. The summed E-state index contributed by atoms with van der Waals surface area (Å²) in [6, 6.07) is 7.51. The molecule has 2 saturated heterocycles. The minimum atomic E-state index is -1.13. The van der Waals surface area contributed by atoms with Crippen LogP contribution in [0.5, 0.6) is 0 Å². The third-order valence-corrected chi connectivity index (χ3v) is 6.91. The molecule has 4 rings (SSSR count). The molecule has 0 radical (unpaired) electrons. The molecule has 4 amide bonds. The van der Waals surface area contributed by atoms with Gasteiger partial charge in [0.15, 0.2) is 0 Å². The molecule has 2 aromatic rings. The monoisotopic (exact) mass is 470 g/mol. The summed E-state index contributed by atoms with van der Waals surface area (Å²) in [5.74, 6) is -0.734. The first-order valence-electron chi connectivity index (χ1n) is 11.6. The number of piperidine rings is 1. The van der Waals surface area contributed by atoms with E-state index in [1.54, 1.807) is 12.1 Å². The van der Waals surface area contributed by atoms with E-state index in [4.69, 9.17) is 4.74 Å². The lowest BCUT2D eigenvalue weighted by Gasteiger charge is -2.41. The molecule has 1 N–H and O–H groups in total. The number of methoxy groups -OCH3 is 1. The van der Waals surface area contributed by atoms with E-state index >= 15 is 0 Å². The number of hydrogen-bond acceptors (Lipinski definition) is 4. The number of carbonyl (C=O) groups excluding carboxylic acids is 3. The Labute approximate surface area is 198 Å². The lowest BCUT2D eigenvalue weighted by atomic mass is 9.74.